The number of hydrogen-bond donors (Lipinski definition) is 2. The van der Waals surface area contributed by atoms with Crippen LogP contribution in [0, 0.1) is 10.1 Å². The van der Waals surface area contributed by atoms with Crippen molar-refractivity contribution in [3.8, 4) is 17.2 Å². The molecule has 0 aliphatic heterocycles. The number of ether oxygens (including phenoxy) is 2. The van der Waals surface area contributed by atoms with Crippen LogP contribution in [0.3, 0.4) is 0 Å². The van der Waals surface area contributed by atoms with E-state index in [2.05, 4.69) is 0 Å². The van der Waals surface area contributed by atoms with Crippen LogP contribution >= 0.6 is 0 Å². The van der Waals surface area contributed by atoms with Gasteiger partial charge >= 0.3 is 0 Å². The monoisotopic (exact) mass is 351 g/mol. The Labute approximate surface area is 142 Å². The minimum Gasteiger partial charge on any atom is -0.502 e. The van der Waals surface area contributed by atoms with E-state index in [1.54, 1.807) is 6.07 Å². The molecule has 0 fully saturated rings. The van der Waals surface area contributed by atoms with Crippen molar-refractivity contribution in [3.05, 3.63) is 61.7 Å². The van der Waals surface area contributed by atoms with Gasteiger partial charge in [-0.25, -0.2) is 0 Å². The highest BCUT2D eigenvalue weighted by Crippen LogP contribution is 2.37. The first-order valence-corrected chi connectivity index (χ1v) is 7.21. The SMILES string of the molecule is COc1ccc(C(C[N+](=O)[O-])c2oc(CO)cc(=O)c2O)c(OC)c1. The second-order valence-electron chi connectivity index (χ2n) is 5.12. The summed E-state index contributed by atoms with van der Waals surface area (Å²) in [7, 11) is 2.83. The first-order chi connectivity index (χ1) is 11.9. The number of rotatable bonds is 7. The molecule has 1 aromatic heterocycles. The first kappa shape index (κ1) is 18.3. The molecule has 1 atom stereocenters. The van der Waals surface area contributed by atoms with E-state index in [0.29, 0.717) is 11.3 Å². The van der Waals surface area contributed by atoms with Crippen molar-refractivity contribution in [1.29, 1.82) is 0 Å². The summed E-state index contributed by atoms with van der Waals surface area (Å²) in [5.41, 5.74) is -0.473. The van der Waals surface area contributed by atoms with Crippen molar-refractivity contribution in [2.24, 2.45) is 0 Å². The predicted octanol–water partition coefficient (Wildman–Crippen LogP) is 1.26. The lowest BCUT2D eigenvalue weighted by Crippen LogP contribution is -2.17. The molecular weight excluding hydrogens is 334 g/mol. The van der Waals surface area contributed by atoms with Crippen LogP contribution in [0.2, 0.25) is 0 Å². The van der Waals surface area contributed by atoms with E-state index in [1.807, 2.05) is 0 Å². The predicted molar refractivity (Wildman–Crippen MR) is 85.8 cm³/mol. The average Bonchev–Trinajstić information content (AvgIpc) is 2.61. The molecule has 2 rings (SSSR count). The molecule has 0 spiro atoms. The fourth-order valence-electron chi connectivity index (χ4n) is 2.45. The zero-order valence-electron chi connectivity index (χ0n) is 13.6. The van der Waals surface area contributed by atoms with Crippen molar-refractivity contribution in [3.63, 3.8) is 0 Å². The second kappa shape index (κ2) is 7.67. The third-order valence-electron chi connectivity index (χ3n) is 3.62. The van der Waals surface area contributed by atoms with Gasteiger partial charge in [-0.1, -0.05) is 6.07 Å². The zero-order chi connectivity index (χ0) is 18.6. The Morgan fingerprint density at radius 2 is 2.00 bits per heavy atom. The summed E-state index contributed by atoms with van der Waals surface area (Å²) in [4.78, 5) is 22.4. The molecule has 25 heavy (non-hydrogen) atoms. The number of aliphatic hydroxyl groups is 1. The van der Waals surface area contributed by atoms with Crippen LogP contribution < -0.4 is 14.9 Å². The lowest BCUT2D eigenvalue weighted by atomic mass is 9.94. The van der Waals surface area contributed by atoms with E-state index in [4.69, 9.17) is 13.9 Å². The number of methoxy groups -OCH3 is 2. The van der Waals surface area contributed by atoms with E-state index >= 15 is 0 Å². The number of nitro groups is 1. The highest BCUT2D eigenvalue weighted by Gasteiger charge is 2.30. The van der Waals surface area contributed by atoms with Gasteiger partial charge in [-0.2, -0.15) is 0 Å². The van der Waals surface area contributed by atoms with Gasteiger partial charge in [0.25, 0.3) is 0 Å². The summed E-state index contributed by atoms with van der Waals surface area (Å²) in [6.45, 7) is -1.25. The molecular formula is C16H17NO8. The number of aliphatic hydroxyl groups excluding tert-OH is 1. The topological polar surface area (TPSA) is 132 Å². The number of aromatic hydroxyl groups is 1. The number of hydrogen-bond acceptors (Lipinski definition) is 8. The third-order valence-corrected chi connectivity index (χ3v) is 3.62. The molecule has 1 unspecified atom stereocenters. The van der Waals surface area contributed by atoms with Gasteiger partial charge in [-0.05, 0) is 6.07 Å². The largest absolute Gasteiger partial charge is 0.502 e. The van der Waals surface area contributed by atoms with Crippen molar-refractivity contribution in [2.45, 2.75) is 12.5 Å². The number of nitrogens with zero attached hydrogens (tertiary/aromatic N) is 1. The van der Waals surface area contributed by atoms with Crippen molar-refractivity contribution < 1.29 is 29.0 Å². The van der Waals surface area contributed by atoms with E-state index in [1.165, 1.54) is 26.4 Å². The Balaban J connectivity index is 2.68. The first-order valence-electron chi connectivity index (χ1n) is 7.21. The summed E-state index contributed by atoms with van der Waals surface area (Å²) < 4.78 is 15.7. The summed E-state index contributed by atoms with van der Waals surface area (Å²) >= 11 is 0. The fraction of sp³-hybridized carbons (Fsp3) is 0.312. The van der Waals surface area contributed by atoms with Gasteiger partial charge in [0.05, 0.1) is 14.2 Å². The summed E-state index contributed by atoms with van der Waals surface area (Å²) in [5.74, 6) is -1.54. The Kier molecular flexibility index (Phi) is 5.60. The summed E-state index contributed by atoms with van der Waals surface area (Å²) in [6.07, 6.45) is 0. The molecule has 9 heteroatoms. The van der Waals surface area contributed by atoms with E-state index in [9.17, 15) is 25.1 Å². The van der Waals surface area contributed by atoms with Gasteiger partial charge in [0.1, 0.15) is 29.8 Å². The zero-order valence-corrected chi connectivity index (χ0v) is 13.6. The quantitative estimate of drug-likeness (QED) is 0.563. The third kappa shape index (κ3) is 3.89. The lowest BCUT2D eigenvalue weighted by Gasteiger charge is -2.18. The smallest absolute Gasteiger partial charge is 0.227 e. The van der Waals surface area contributed by atoms with Gasteiger partial charge in [0.2, 0.25) is 17.7 Å². The van der Waals surface area contributed by atoms with Gasteiger partial charge in [0.15, 0.2) is 5.76 Å². The molecule has 1 aromatic carbocycles. The van der Waals surface area contributed by atoms with Crippen molar-refractivity contribution >= 4 is 0 Å². The van der Waals surface area contributed by atoms with Crippen LogP contribution in [0.25, 0.3) is 0 Å². The molecule has 0 aliphatic carbocycles. The Bertz CT molecular complexity index is 829. The molecule has 2 N–H and O–H groups in total. The Morgan fingerprint density at radius 3 is 2.56 bits per heavy atom. The van der Waals surface area contributed by atoms with E-state index in [0.717, 1.165) is 6.07 Å². The van der Waals surface area contributed by atoms with Crippen molar-refractivity contribution in [1.82, 2.24) is 0 Å². The molecule has 9 nitrogen and oxygen atoms in total. The standard InChI is InChI=1S/C16H17NO8/c1-23-9-3-4-11(14(6-9)24-2)12(7-17(21)22)16-15(20)13(19)5-10(8-18)25-16/h3-6,12,18,20H,7-8H2,1-2H3. The second-order valence-corrected chi connectivity index (χ2v) is 5.12. The van der Waals surface area contributed by atoms with Gasteiger partial charge < -0.3 is 24.1 Å². The maximum Gasteiger partial charge on any atom is 0.227 e. The maximum atomic E-state index is 11.9. The average molecular weight is 351 g/mol. The van der Waals surface area contributed by atoms with Gasteiger partial charge in [0, 0.05) is 22.6 Å². The van der Waals surface area contributed by atoms with Crippen LogP contribution in [0.5, 0.6) is 17.2 Å². The molecule has 2 aromatic rings. The van der Waals surface area contributed by atoms with Crippen LogP contribution in [-0.4, -0.2) is 35.9 Å². The molecule has 0 aliphatic rings. The highest BCUT2D eigenvalue weighted by molar-refractivity contribution is 5.47. The van der Waals surface area contributed by atoms with Crippen LogP contribution in [0.15, 0.2) is 33.5 Å². The van der Waals surface area contributed by atoms with Crippen LogP contribution in [-0.2, 0) is 6.61 Å². The van der Waals surface area contributed by atoms with Crippen LogP contribution in [0.1, 0.15) is 23.0 Å². The molecule has 134 valence electrons. The molecule has 0 saturated heterocycles. The molecule has 0 radical (unpaired) electrons. The minimum atomic E-state index is -1.10. The normalized spacial score (nSPS) is 11.8. The molecule has 0 saturated carbocycles. The van der Waals surface area contributed by atoms with Gasteiger partial charge in [-0.15, -0.1) is 0 Å². The van der Waals surface area contributed by atoms with Crippen molar-refractivity contribution in [2.75, 3.05) is 20.8 Å². The Hall–Kier alpha value is -3.07. The number of benzene rings is 1. The highest BCUT2D eigenvalue weighted by atomic mass is 16.6. The van der Waals surface area contributed by atoms with E-state index in [-0.39, 0.29) is 17.3 Å². The van der Waals surface area contributed by atoms with Crippen LogP contribution in [0.4, 0.5) is 0 Å². The fourth-order valence-corrected chi connectivity index (χ4v) is 2.45. The molecule has 1 heterocycles. The molecule has 0 bridgehead atoms. The summed E-state index contributed by atoms with van der Waals surface area (Å²) in [5, 5.41) is 30.4. The minimum absolute atomic E-state index is 0.112. The van der Waals surface area contributed by atoms with Gasteiger partial charge in [-0.3, -0.25) is 14.9 Å². The maximum absolute atomic E-state index is 11.9. The summed E-state index contributed by atoms with van der Waals surface area (Å²) in [6, 6.07) is 5.54. The Morgan fingerprint density at radius 1 is 1.28 bits per heavy atom. The van der Waals surface area contributed by atoms with E-state index < -0.39 is 35.2 Å². The molecule has 0 amide bonds. The lowest BCUT2D eigenvalue weighted by molar-refractivity contribution is -0.482.